The second kappa shape index (κ2) is 7.10. The third kappa shape index (κ3) is 4.38. The molecule has 0 fully saturated rings. The molecule has 4 nitrogen and oxygen atoms in total. The molecule has 0 atom stereocenters. The van der Waals surface area contributed by atoms with Crippen molar-refractivity contribution in [1.82, 2.24) is 15.1 Å². The first kappa shape index (κ1) is 14.6. The number of ether oxygens (including phenoxy) is 1. The van der Waals surface area contributed by atoms with E-state index in [1.165, 1.54) is 5.56 Å². The number of aryl methyl sites for hydroxylation is 1. The fourth-order valence-corrected chi connectivity index (χ4v) is 1.94. The first-order valence-electron chi connectivity index (χ1n) is 7.09. The molecule has 0 saturated heterocycles. The summed E-state index contributed by atoms with van der Waals surface area (Å²) in [5.74, 6) is 0.949. The average molecular weight is 273 g/mol. The van der Waals surface area contributed by atoms with Gasteiger partial charge in [-0.1, -0.05) is 32.0 Å². The lowest BCUT2D eigenvalue weighted by molar-refractivity contribution is 0.287. The van der Waals surface area contributed by atoms with Gasteiger partial charge >= 0.3 is 0 Å². The molecule has 2 rings (SSSR count). The largest absolute Gasteiger partial charge is 0.491 e. The monoisotopic (exact) mass is 273 g/mol. The molecule has 1 heterocycles. The Morgan fingerprint density at radius 2 is 2.05 bits per heavy atom. The van der Waals surface area contributed by atoms with Crippen molar-refractivity contribution in [2.45, 2.75) is 39.9 Å². The van der Waals surface area contributed by atoms with E-state index in [1.54, 1.807) is 0 Å². The second-order valence-corrected chi connectivity index (χ2v) is 5.21. The standard InChI is InChI=1S/C16H23N3O/c1-13(2)17-12-15-6-4-5-7-16(15)20-11-10-19-9-8-14(3)18-19/h4-9,13,17H,10-12H2,1-3H3. The lowest BCUT2D eigenvalue weighted by atomic mass is 10.2. The van der Waals surface area contributed by atoms with Crippen molar-refractivity contribution in [3.63, 3.8) is 0 Å². The molecular weight excluding hydrogens is 250 g/mol. The minimum Gasteiger partial charge on any atom is -0.491 e. The predicted octanol–water partition coefficient (Wildman–Crippen LogP) is 2.77. The van der Waals surface area contributed by atoms with Crippen LogP contribution in [0.2, 0.25) is 0 Å². The van der Waals surface area contributed by atoms with Gasteiger partial charge in [0, 0.05) is 24.3 Å². The highest BCUT2D eigenvalue weighted by atomic mass is 16.5. The quantitative estimate of drug-likeness (QED) is 0.843. The van der Waals surface area contributed by atoms with Crippen molar-refractivity contribution >= 4 is 0 Å². The van der Waals surface area contributed by atoms with Crippen molar-refractivity contribution in [2.75, 3.05) is 6.61 Å². The normalized spacial score (nSPS) is 11.0. The molecule has 0 unspecified atom stereocenters. The molecule has 0 radical (unpaired) electrons. The number of benzene rings is 1. The van der Waals surface area contributed by atoms with E-state index in [1.807, 2.05) is 42.1 Å². The van der Waals surface area contributed by atoms with E-state index >= 15 is 0 Å². The molecule has 0 bridgehead atoms. The Morgan fingerprint density at radius 3 is 2.75 bits per heavy atom. The Labute approximate surface area is 120 Å². The van der Waals surface area contributed by atoms with Gasteiger partial charge in [0.2, 0.25) is 0 Å². The minimum atomic E-state index is 0.468. The summed E-state index contributed by atoms with van der Waals surface area (Å²) in [6.45, 7) is 8.49. The van der Waals surface area contributed by atoms with Gasteiger partial charge in [-0.2, -0.15) is 5.10 Å². The van der Waals surface area contributed by atoms with Gasteiger partial charge < -0.3 is 10.1 Å². The zero-order valence-electron chi connectivity index (χ0n) is 12.5. The van der Waals surface area contributed by atoms with Crippen LogP contribution < -0.4 is 10.1 Å². The molecule has 0 saturated carbocycles. The molecule has 20 heavy (non-hydrogen) atoms. The van der Waals surface area contributed by atoms with Crippen molar-refractivity contribution in [3.8, 4) is 5.75 Å². The van der Waals surface area contributed by atoms with Gasteiger partial charge in [0.25, 0.3) is 0 Å². The molecule has 0 spiro atoms. The van der Waals surface area contributed by atoms with E-state index in [-0.39, 0.29) is 0 Å². The van der Waals surface area contributed by atoms with Gasteiger partial charge in [0.15, 0.2) is 0 Å². The number of rotatable bonds is 7. The summed E-state index contributed by atoms with van der Waals surface area (Å²) >= 11 is 0. The Bertz CT molecular complexity index is 534. The van der Waals surface area contributed by atoms with E-state index in [2.05, 4.69) is 30.3 Å². The Hall–Kier alpha value is -1.81. The number of hydrogen-bond acceptors (Lipinski definition) is 3. The van der Waals surface area contributed by atoms with Crippen LogP contribution in [-0.2, 0) is 13.1 Å². The Kier molecular flexibility index (Phi) is 5.18. The van der Waals surface area contributed by atoms with Crippen LogP contribution >= 0.6 is 0 Å². The maximum absolute atomic E-state index is 5.88. The first-order valence-corrected chi connectivity index (χ1v) is 7.09. The number of nitrogens with zero attached hydrogens (tertiary/aromatic N) is 2. The molecule has 0 aliphatic heterocycles. The Morgan fingerprint density at radius 1 is 1.25 bits per heavy atom. The highest BCUT2D eigenvalue weighted by Crippen LogP contribution is 2.17. The molecule has 4 heteroatoms. The van der Waals surface area contributed by atoms with Gasteiger partial charge in [0.05, 0.1) is 12.2 Å². The highest BCUT2D eigenvalue weighted by molar-refractivity contribution is 5.33. The predicted molar refractivity (Wildman–Crippen MR) is 80.9 cm³/mol. The molecule has 0 aliphatic carbocycles. The molecule has 1 N–H and O–H groups in total. The summed E-state index contributed by atoms with van der Waals surface area (Å²) in [5, 5.41) is 7.76. The molecule has 1 aromatic heterocycles. The van der Waals surface area contributed by atoms with Crippen LogP contribution in [0.25, 0.3) is 0 Å². The lowest BCUT2D eigenvalue weighted by Gasteiger charge is -2.13. The van der Waals surface area contributed by atoms with Crippen LogP contribution in [0.5, 0.6) is 5.75 Å². The molecule has 2 aromatic rings. The summed E-state index contributed by atoms with van der Waals surface area (Å²) in [5.41, 5.74) is 2.23. The fourth-order valence-electron chi connectivity index (χ4n) is 1.94. The van der Waals surface area contributed by atoms with Crippen molar-refractivity contribution in [3.05, 3.63) is 47.8 Å². The summed E-state index contributed by atoms with van der Waals surface area (Å²) in [4.78, 5) is 0. The topological polar surface area (TPSA) is 39.1 Å². The highest BCUT2D eigenvalue weighted by Gasteiger charge is 2.04. The van der Waals surface area contributed by atoms with Crippen molar-refractivity contribution in [2.24, 2.45) is 0 Å². The second-order valence-electron chi connectivity index (χ2n) is 5.21. The molecule has 0 aliphatic rings. The lowest BCUT2D eigenvalue weighted by Crippen LogP contribution is -2.22. The number of nitrogens with one attached hydrogen (secondary N) is 1. The maximum atomic E-state index is 5.88. The molecular formula is C16H23N3O. The smallest absolute Gasteiger partial charge is 0.123 e. The van der Waals surface area contributed by atoms with E-state index in [9.17, 15) is 0 Å². The van der Waals surface area contributed by atoms with E-state index in [0.29, 0.717) is 12.6 Å². The van der Waals surface area contributed by atoms with Crippen molar-refractivity contribution in [1.29, 1.82) is 0 Å². The zero-order valence-corrected chi connectivity index (χ0v) is 12.5. The average Bonchev–Trinajstić information content (AvgIpc) is 2.83. The summed E-state index contributed by atoms with van der Waals surface area (Å²) in [6.07, 6.45) is 1.98. The first-order chi connectivity index (χ1) is 9.65. The van der Waals surface area contributed by atoms with Crippen LogP contribution in [-0.4, -0.2) is 22.4 Å². The van der Waals surface area contributed by atoms with Gasteiger partial charge in [-0.25, -0.2) is 0 Å². The third-order valence-corrected chi connectivity index (χ3v) is 3.03. The van der Waals surface area contributed by atoms with Crippen LogP contribution in [0.15, 0.2) is 36.5 Å². The number of hydrogen-bond donors (Lipinski definition) is 1. The third-order valence-electron chi connectivity index (χ3n) is 3.03. The number of aromatic nitrogens is 2. The molecule has 0 amide bonds. The zero-order chi connectivity index (χ0) is 14.4. The van der Waals surface area contributed by atoms with Crippen LogP contribution in [0.1, 0.15) is 25.1 Å². The van der Waals surface area contributed by atoms with Gasteiger partial charge in [-0.15, -0.1) is 0 Å². The summed E-state index contributed by atoms with van der Waals surface area (Å²) in [6, 6.07) is 10.6. The summed E-state index contributed by atoms with van der Waals surface area (Å²) < 4.78 is 7.79. The molecule has 108 valence electrons. The minimum absolute atomic E-state index is 0.468. The van der Waals surface area contributed by atoms with Gasteiger partial charge in [-0.3, -0.25) is 4.68 Å². The van der Waals surface area contributed by atoms with Gasteiger partial charge in [-0.05, 0) is 19.1 Å². The van der Waals surface area contributed by atoms with Crippen molar-refractivity contribution < 1.29 is 4.74 Å². The number of para-hydroxylation sites is 1. The Balaban J connectivity index is 1.88. The maximum Gasteiger partial charge on any atom is 0.123 e. The van der Waals surface area contributed by atoms with E-state index in [0.717, 1.165) is 24.5 Å². The fraction of sp³-hybridized carbons (Fsp3) is 0.438. The van der Waals surface area contributed by atoms with E-state index < -0.39 is 0 Å². The van der Waals surface area contributed by atoms with Crippen LogP contribution in [0.4, 0.5) is 0 Å². The van der Waals surface area contributed by atoms with E-state index in [4.69, 9.17) is 4.74 Å². The molecule has 1 aromatic carbocycles. The van der Waals surface area contributed by atoms with Crippen LogP contribution in [0, 0.1) is 6.92 Å². The van der Waals surface area contributed by atoms with Crippen LogP contribution in [0.3, 0.4) is 0 Å². The SMILES string of the molecule is Cc1ccn(CCOc2ccccc2CNC(C)C)n1. The summed E-state index contributed by atoms with van der Waals surface area (Å²) in [7, 11) is 0. The van der Waals surface area contributed by atoms with Gasteiger partial charge in [0.1, 0.15) is 12.4 Å².